The third kappa shape index (κ3) is 3.07. The molecule has 2 heterocycles. The summed E-state index contributed by atoms with van der Waals surface area (Å²) < 4.78 is 5.28. The molecular weight excluding hydrogens is 308 g/mol. The highest BCUT2D eigenvalue weighted by molar-refractivity contribution is 5.94. The van der Waals surface area contributed by atoms with Crippen molar-refractivity contribution in [1.82, 2.24) is 4.98 Å². The molecule has 0 N–H and O–H groups in total. The molecule has 0 aliphatic carbocycles. The molecule has 1 saturated heterocycles. The molecular formula is C22H24N2O. The molecule has 0 radical (unpaired) electrons. The molecule has 2 aromatic carbocycles. The van der Waals surface area contributed by atoms with Gasteiger partial charge in [0.05, 0.1) is 18.3 Å². The molecule has 1 aromatic heterocycles. The number of aromatic nitrogens is 1. The van der Waals surface area contributed by atoms with Crippen molar-refractivity contribution in [3.63, 3.8) is 0 Å². The Balaban J connectivity index is 1.85. The van der Waals surface area contributed by atoms with Crippen LogP contribution in [0, 0.1) is 0 Å². The predicted molar refractivity (Wildman–Crippen MR) is 104 cm³/mol. The van der Waals surface area contributed by atoms with Crippen LogP contribution in [0.15, 0.2) is 54.6 Å². The molecule has 3 nitrogen and oxygen atoms in total. The summed E-state index contributed by atoms with van der Waals surface area (Å²) in [6.07, 6.45) is 3.85. The van der Waals surface area contributed by atoms with Crippen LogP contribution in [-0.4, -0.2) is 24.7 Å². The van der Waals surface area contributed by atoms with Crippen molar-refractivity contribution in [1.29, 1.82) is 0 Å². The second-order valence-electron chi connectivity index (χ2n) is 6.81. The van der Waals surface area contributed by atoms with Gasteiger partial charge in [0.15, 0.2) is 0 Å². The van der Waals surface area contributed by atoms with Crippen LogP contribution in [-0.2, 0) is 0 Å². The Morgan fingerprint density at radius 1 is 1.04 bits per heavy atom. The number of ether oxygens (including phenoxy) is 1. The molecule has 1 unspecified atom stereocenters. The van der Waals surface area contributed by atoms with E-state index in [1.807, 2.05) is 12.1 Å². The van der Waals surface area contributed by atoms with Crippen molar-refractivity contribution in [3.8, 4) is 17.0 Å². The zero-order valence-electron chi connectivity index (χ0n) is 14.9. The third-order valence-electron chi connectivity index (χ3n) is 5.19. The quantitative estimate of drug-likeness (QED) is 0.651. The fourth-order valence-corrected chi connectivity index (χ4v) is 3.76. The fraction of sp³-hybridized carbons (Fsp3) is 0.318. The van der Waals surface area contributed by atoms with Gasteiger partial charge in [-0.3, -0.25) is 0 Å². The Kier molecular flexibility index (Phi) is 4.31. The summed E-state index contributed by atoms with van der Waals surface area (Å²) in [5.74, 6) is 0.870. The number of hydrogen-bond donors (Lipinski definition) is 0. The first-order valence-electron chi connectivity index (χ1n) is 9.07. The second-order valence-corrected chi connectivity index (χ2v) is 6.81. The summed E-state index contributed by atoms with van der Waals surface area (Å²) >= 11 is 0. The van der Waals surface area contributed by atoms with Gasteiger partial charge in [0.25, 0.3) is 0 Å². The maximum atomic E-state index is 5.28. The number of benzene rings is 2. The maximum Gasteiger partial charge on any atom is 0.118 e. The van der Waals surface area contributed by atoms with Crippen molar-refractivity contribution in [2.45, 2.75) is 32.2 Å². The van der Waals surface area contributed by atoms with E-state index in [9.17, 15) is 0 Å². The van der Waals surface area contributed by atoms with E-state index in [2.05, 4.69) is 54.3 Å². The van der Waals surface area contributed by atoms with Gasteiger partial charge in [-0.25, -0.2) is 4.98 Å². The smallest absolute Gasteiger partial charge is 0.118 e. The summed E-state index contributed by atoms with van der Waals surface area (Å²) in [5.41, 5.74) is 4.51. The van der Waals surface area contributed by atoms with E-state index in [1.165, 1.54) is 30.3 Å². The molecule has 3 aromatic rings. The van der Waals surface area contributed by atoms with E-state index < -0.39 is 0 Å². The number of anilines is 1. The van der Waals surface area contributed by atoms with Crippen LogP contribution in [0.5, 0.6) is 5.75 Å². The van der Waals surface area contributed by atoms with Crippen molar-refractivity contribution in [3.05, 3.63) is 54.6 Å². The third-order valence-corrected chi connectivity index (χ3v) is 5.19. The van der Waals surface area contributed by atoms with Gasteiger partial charge in [0.1, 0.15) is 5.75 Å². The minimum Gasteiger partial charge on any atom is -0.497 e. The molecule has 1 aliphatic rings. The topological polar surface area (TPSA) is 25.4 Å². The fourth-order valence-electron chi connectivity index (χ4n) is 3.76. The highest BCUT2D eigenvalue weighted by Gasteiger charge is 2.21. The molecule has 0 amide bonds. The Bertz CT molecular complexity index is 873. The largest absolute Gasteiger partial charge is 0.497 e. The van der Waals surface area contributed by atoms with E-state index in [0.29, 0.717) is 6.04 Å². The van der Waals surface area contributed by atoms with Gasteiger partial charge in [0, 0.05) is 29.2 Å². The molecule has 3 heteroatoms. The van der Waals surface area contributed by atoms with Crippen LogP contribution in [0.4, 0.5) is 5.69 Å². The van der Waals surface area contributed by atoms with Gasteiger partial charge in [-0.1, -0.05) is 18.2 Å². The van der Waals surface area contributed by atoms with Gasteiger partial charge in [-0.15, -0.1) is 0 Å². The molecule has 4 rings (SSSR count). The first-order chi connectivity index (χ1) is 12.3. The average molecular weight is 332 g/mol. The molecule has 25 heavy (non-hydrogen) atoms. The van der Waals surface area contributed by atoms with Gasteiger partial charge in [-0.05, 0) is 62.6 Å². The number of para-hydroxylation sites is 1. The first kappa shape index (κ1) is 15.9. The van der Waals surface area contributed by atoms with E-state index in [0.717, 1.165) is 29.1 Å². The molecule has 1 fully saturated rings. The van der Waals surface area contributed by atoms with Crippen molar-refractivity contribution >= 4 is 16.6 Å². The van der Waals surface area contributed by atoms with E-state index in [4.69, 9.17) is 9.72 Å². The number of methoxy groups -OCH3 is 1. The zero-order valence-corrected chi connectivity index (χ0v) is 14.9. The number of pyridine rings is 1. The first-order valence-corrected chi connectivity index (χ1v) is 9.07. The van der Waals surface area contributed by atoms with Crippen molar-refractivity contribution in [2.24, 2.45) is 0 Å². The lowest BCUT2D eigenvalue weighted by Crippen LogP contribution is -2.37. The van der Waals surface area contributed by atoms with Gasteiger partial charge in [0.2, 0.25) is 0 Å². The highest BCUT2D eigenvalue weighted by atomic mass is 16.5. The molecule has 128 valence electrons. The van der Waals surface area contributed by atoms with E-state index in [-0.39, 0.29) is 0 Å². The standard InChI is InChI=1S/C22H24N2O/c1-16-7-5-6-14-24(16)22-15-21(17-10-12-18(25-2)13-11-17)23-20-9-4-3-8-19(20)22/h3-4,8-13,15-16H,5-7,14H2,1-2H3. The molecule has 1 atom stereocenters. The number of fused-ring (bicyclic) bond motifs is 1. The summed E-state index contributed by atoms with van der Waals surface area (Å²) in [7, 11) is 1.69. The number of rotatable bonds is 3. The SMILES string of the molecule is COc1ccc(-c2cc(N3CCCCC3C)c3ccccc3n2)cc1. The Morgan fingerprint density at radius 3 is 2.60 bits per heavy atom. The summed E-state index contributed by atoms with van der Waals surface area (Å²) in [6.45, 7) is 3.46. The lowest BCUT2D eigenvalue weighted by atomic mass is 10.0. The Hall–Kier alpha value is -2.55. The number of piperidine rings is 1. The normalized spacial score (nSPS) is 17.7. The predicted octanol–water partition coefficient (Wildman–Crippen LogP) is 5.29. The molecule has 1 aliphatic heterocycles. The monoisotopic (exact) mass is 332 g/mol. The van der Waals surface area contributed by atoms with Crippen molar-refractivity contribution in [2.75, 3.05) is 18.6 Å². The van der Waals surface area contributed by atoms with Crippen LogP contribution < -0.4 is 9.64 Å². The Labute approximate surface area is 149 Å². The van der Waals surface area contributed by atoms with Gasteiger partial charge in [-0.2, -0.15) is 0 Å². The van der Waals surface area contributed by atoms with Gasteiger partial charge < -0.3 is 9.64 Å². The maximum absolute atomic E-state index is 5.28. The van der Waals surface area contributed by atoms with Crippen LogP contribution in [0.25, 0.3) is 22.2 Å². The molecule has 0 saturated carbocycles. The minimum atomic E-state index is 0.572. The summed E-state index contributed by atoms with van der Waals surface area (Å²) in [4.78, 5) is 7.47. The summed E-state index contributed by atoms with van der Waals surface area (Å²) in [5, 5.41) is 1.24. The van der Waals surface area contributed by atoms with Crippen LogP contribution in [0.2, 0.25) is 0 Å². The molecule has 0 spiro atoms. The number of nitrogens with zero attached hydrogens (tertiary/aromatic N) is 2. The second kappa shape index (κ2) is 6.75. The van der Waals surface area contributed by atoms with Crippen LogP contribution >= 0.6 is 0 Å². The molecule has 0 bridgehead atoms. The van der Waals surface area contributed by atoms with Crippen molar-refractivity contribution < 1.29 is 4.74 Å². The minimum absolute atomic E-state index is 0.572. The van der Waals surface area contributed by atoms with E-state index >= 15 is 0 Å². The zero-order chi connectivity index (χ0) is 17.2. The summed E-state index contributed by atoms with van der Waals surface area (Å²) in [6, 6.07) is 19.5. The lowest BCUT2D eigenvalue weighted by Gasteiger charge is -2.36. The van der Waals surface area contributed by atoms with Gasteiger partial charge >= 0.3 is 0 Å². The lowest BCUT2D eigenvalue weighted by molar-refractivity contribution is 0.415. The average Bonchev–Trinajstić information content (AvgIpc) is 2.68. The Morgan fingerprint density at radius 2 is 1.84 bits per heavy atom. The van der Waals surface area contributed by atoms with E-state index in [1.54, 1.807) is 7.11 Å². The number of hydrogen-bond acceptors (Lipinski definition) is 3. The van der Waals surface area contributed by atoms with Crippen LogP contribution in [0.3, 0.4) is 0 Å². The van der Waals surface area contributed by atoms with Crippen LogP contribution in [0.1, 0.15) is 26.2 Å². The highest BCUT2D eigenvalue weighted by Crippen LogP contribution is 2.34.